The van der Waals surface area contributed by atoms with Crippen molar-refractivity contribution in [1.82, 2.24) is 0 Å². The zero-order chi connectivity index (χ0) is 26.3. The van der Waals surface area contributed by atoms with Crippen molar-refractivity contribution in [3.05, 3.63) is 57.6 Å². The lowest BCUT2D eigenvalue weighted by Gasteiger charge is -2.37. The van der Waals surface area contributed by atoms with Gasteiger partial charge < -0.3 is 11.5 Å². The first-order valence-corrected chi connectivity index (χ1v) is 10.9. The molecule has 0 fully saturated rings. The highest BCUT2D eigenvalue weighted by atomic mass is 19.4. The molecule has 0 amide bonds. The molecule has 0 bridgehead atoms. The molecule has 0 aliphatic heterocycles. The molecule has 0 heterocycles. The van der Waals surface area contributed by atoms with E-state index < -0.39 is 34.8 Å². The van der Waals surface area contributed by atoms with E-state index in [0.717, 1.165) is 0 Å². The second-order valence-corrected chi connectivity index (χ2v) is 8.13. The molecule has 34 heavy (non-hydrogen) atoms. The van der Waals surface area contributed by atoms with E-state index in [2.05, 4.69) is 0 Å². The van der Waals surface area contributed by atoms with E-state index in [-0.39, 0.29) is 59.3 Å². The minimum absolute atomic E-state index is 0.0265. The zero-order valence-electron chi connectivity index (χ0n) is 19.3. The summed E-state index contributed by atoms with van der Waals surface area (Å²) in [5.41, 5.74) is 8.85. The highest BCUT2D eigenvalue weighted by Gasteiger charge is 2.81. The molecule has 0 saturated carbocycles. The lowest BCUT2D eigenvalue weighted by atomic mass is 9.86. The fourth-order valence-corrected chi connectivity index (χ4v) is 3.85. The first-order chi connectivity index (χ1) is 15.5. The maximum Gasteiger partial charge on any atom is 0.382 e. The van der Waals surface area contributed by atoms with Crippen LogP contribution in [-0.2, 0) is 37.5 Å². The molecule has 0 unspecified atom stereocenters. The van der Waals surface area contributed by atoms with Crippen LogP contribution in [0, 0.1) is 0 Å². The average molecular weight is 496 g/mol. The molecule has 0 aromatic heterocycles. The summed E-state index contributed by atoms with van der Waals surface area (Å²) in [6, 6.07) is 2.24. The highest BCUT2D eigenvalue weighted by Crippen LogP contribution is 2.59. The van der Waals surface area contributed by atoms with Gasteiger partial charge in [0.15, 0.2) is 0 Å². The number of alkyl halides is 8. The number of hydrogen-bond donors (Lipinski definition) is 2. The molecule has 10 heteroatoms. The standard InChI is InChI=1S/C24H28F8N2/c1-5-13-9-17(10-14(6-2)19(13)33)21(25,26)23(29,30)24(31,32)22(27,28)18-11-15(7-3)20(34)16(8-4)12-18/h9-12H,5-8,33-34H2,1-4H3. The molecule has 2 aromatic carbocycles. The van der Waals surface area contributed by atoms with Crippen LogP contribution in [0.2, 0.25) is 0 Å². The summed E-state index contributed by atoms with van der Waals surface area (Å²) < 4.78 is 119. The topological polar surface area (TPSA) is 52.0 Å². The Morgan fingerprint density at radius 3 is 0.882 bits per heavy atom. The Morgan fingerprint density at radius 2 is 0.706 bits per heavy atom. The number of halogens is 8. The Morgan fingerprint density at radius 1 is 0.500 bits per heavy atom. The Balaban J connectivity index is 2.71. The molecule has 0 spiro atoms. The predicted molar refractivity (Wildman–Crippen MR) is 117 cm³/mol. The molecule has 4 N–H and O–H groups in total. The Labute approximate surface area is 193 Å². The third kappa shape index (κ3) is 4.09. The molecule has 2 rings (SSSR count). The van der Waals surface area contributed by atoms with Crippen LogP contribution in [0.4, 0.5) is 46.5 Å². The van der Waals surface area contributed by atoms with E-state index in [0.29, 0.717) is 24.3 Å². The van der Waals surface area contributed by atoms with Crippen LogP contribution in [0.1, 0.15) is 61.1 Å². The van der Waals surface area contributed by atoms with Gasteiger partial charge in [-0.25, -0.2) is 0 Å². The van der Waals surface area contributed by atoms with Crippen molar-refractivity contribution < 1.29 is 35.1 Å². The number of rotatable bonds is 9. The molecule has 0 aliphatic rings. The van der Waals surface area contributed by atoms with Crippen LogP contribution >= 0.6 is 0 Å². The molecule has 190 valence electrons. The Kier molecular flexibility index (Phi) is 7.55. The Hall–Kier alpha value is -2.52. The number of nitrogen functional groups attached to an aromatic ring is 2. The van der Waals surface area contributed by atoms with Gasteiger partial charge in [-0.15, -0.1) is 0 Å². The monoisotopic (exact) mass is 496 g/mol. The second-order valence-electron chi connectivity index (χ2n) is 8.13. The molecule has 0 aliphatic carbocycles. The van der Waals surface area contributed by atoms with E-state index in [1.54, 1.807) is 0 Å². The van der Waals surface area contributed by atoms with E-state index in [9.17, 15) is 35.1 Å². The smallest absolute Gasteiger partial charge is 0.382 e. The quantitative estimate of drug-likeness (QED) is 0.284. The van der Waals surface area contributed by atoms with Gasteiger partial charge >= 0.3 is 23.7 Å². The molecule has 2 nitrogen and oxygen atoms in total. The van der Waals surface area contributed by atoms with Gasteiger partial charge in [0.2, 0.25) is 0 Å². The minimum Gasteiger partial charge on any atom is -0.398 e. The third-order valence-corrected chi connectivity index (χ3v) is 6.13. The minimum atomic E-state index is -6.45. The fourth-order valence-electron chi connectivity index (χ4n) is 3.85. The van der Waals surface area contributed by atoms with Crippen LogP contribution in [0.5, 0.6) is 0 Å². The fraction of sp³-hybridized carbons (Fsp3) is 0.500. The van der Waals surface area contributed by atoms with Crippen molar-refractivity contribution in [1.29, 1.82) is 0 Å². The van der Waals surface area contributed by atoms with Crippen molar-refractivity contribution in [2.45, 2.75) is 77.1 Å². The summed E-state index contributed by atoms with van der Waals surface area (Å²) in [7, 11) is 0. The number of nitrogens with two attached hydrogens (primary N) is 2. The van der Waals surface area contributed by atoms with Crippen molar-refractivity contribution in [2.24, 2.45) is 0 Å². The number of aryl methyl sites for hydroxylation is 4. The van der Waals surface area contributed by atoms with Gasteiger partial charge in [-0.3, -0.25) is 0 Å². The normalized spacial score (nSPS) is 13.4. The van der Waals surface area contributed by atoms with Crippen molar-refractivity contribution >= 4 is 11.4 Å². The predicted octanol–water partition coefficient (Wildman–Crippen LogP) is 7.26. The molecular formula is C24H28F8N2. The largest absolute Gasteiger partial charge is 0.398 e. The van der Waals surface area contributed by atoms with Crippen molar-refractivity contribution in [3.8, 4) is 0 Å². The van der Waals surface area contributed by atoms with Crippen molar-refractivity contribution in [2.75, 3.05) is 11.5 Å². The number of benzene rings is 2. The maximum absolute atomic E-state index is 15.0. The second kappa shape index (κ2) is 9.26. The molecule has 2 aromatic rings. The average Bonchev–Trinajstić information content (AvgIpc) is 2.78. The van der Waals surface area contributed by atoms with Gasteiger partial charge in [0, 0.05) is 22.5 Å². The molecule has 0 atom stereocenters. The van der Waals surface area contributed by atoms with Gasteiger partial charge in [-0.2, -0.15) is 35.1 Å². The zero-order valence-corrected chi connectivity index (χ0v) is 19.3. The van der Waals surface area contributed by atoms with Gasteiger partial charge in [0.1, 0.15) is 0 Å². The van der Waals surface area contributed by atoms with Gasteiger partial charge in [-0.05, 0) is 72.2 Å². The summed E-state index contributed by atoms with van der Waals surface area (Å²) in [5, 5.41) is 0. The van der Waals surface area contributed by atoms with Gasteiger partial charge in [0.05, 0.1) is 0 Å². The van der Waals surface area contributed by atoms with Crippen LogP contribution in [-0.4, -0.2) is 11.8 Å². The van der Waals surface area contributed by atoms with E-state index >= 15 is 0 Å². The summed E-state index contributed by atoms with van der Waals surface area (Å²) in [5.74, 6) is -24.2. The molecule has 0 radical (unpaired) electrons. The third-order valence-electron chi connectivity index (χ3n) is 6.13. The Bertz CT molecular complexity index is 914. The van der Waals surface area contributed by atoms with Crippen LogP contribution < -0.4 is 11.5 Å². The van der Waals surface area contributed by atoms with Crippen molar-refractivity contribution in [3.63, 3.8) is 0 Å². The highest BCUT2D eigenvalue weighted by molar-refractivity contribution is 5.58. The SMILES string of the molecule is CCc1cc(C(F)(F)C(F)(F)C(F)(F)C(F)(F)c2cc(CC)c(N)c(CC)c2)cc(CC)c1N. The van der Waals surface area contributed by atoms with Crippen LogP contribution in [0.25, 0.3) is 0 Å². The maximum atomic E-state index is 15.0. The van der Waals surface area contributed by atoms with Gasteiger partial charge in [-0.1, -0.05) is 27.7 Å². The molecule has 0 saturated heterocycles. The van der Waals surface area contributed by atoms with Crippen LogP contribution in [0.3, 0.4) is 0 Å². The summed E-state index contributed by atoms with van der Waals surface area (Å²) in [6.45, 7) is 6.02. The first-order valence-electron chi connectivity index (χ1n) is 10.9. The van der Waals surface area contributed by atoms with E-state index in [4.69, 9.17) is 11.5 Å². The van der Waals surface area contributed by atoms with E-state index in [1.807, 2.05) is 0 Å². The lowest BCUT2D eigenvalue weighted by Crippen LogP contribution is -2.59. The van der Waals surface area contributed by atoms with Crippen LogP contribution in [0.15, 0.2) is 24.3 Å². The number of anilines is 2. The summed E-state index contributed by atoms with van der Waals surface area (Å²) >= 11 is 0. The molecular weight excluding hydrogens is 468 g/mol. The summed E-state index contributed by atoms with van der Waals surface area (Å²) in [6.07, 6.45) is 0.190. The van der Waals surface area contributed by atoms with Gasteiger partial charge in [0.25, 0.3) is 0 Å². The first kappa shape index (κ1) is 27.7. The lowest BCUT2D eigenvalue weighted by molar-refractivity contribution is -0.374. The van der Waals surface area contributed by atoms with E-state index in [1.165, 1.54) is 27.7 Å². The summed E-state index contributed by atoms with van der Waals surface area (Å²) in [4.78, 5) is 0. The number of hydrogen-bond acceptors (Lipinski definition) is 2.